The summed E-state index contributed by atoms with van der Waals surface area (Å²) in [7, 11) is 0. The van der Waals surface area contributed by atoms with Crippen LogP contribution in [0.2, 0.25) is 0 Å². The zero-order valence-electron chi connectivity index (χ0n) is 14.5. The molecule has 4 heteroatoms. The Bertz CT molecular complexity index is 919. The van der Waals surface area contributed by atoms with E-state index in [1.807, 2.05) is 38.1 Å². The lowest BCUT2D eigenvalue weighted by molar-refractivity contribution is 0.0339. The number of hydrogen-bond donors (Lipinski definition) is 0. The quantitative estimate of drug-likeness (QED) is 0.617. The summed E-state index contributed by atoms with van der Waals surface area (Å²) in [5.41, 5.74) is 3.82. The van der Waals surface area contributed by atoms with Crippen molar-refractivity contribution in [3.8, 4) is 0 Å². The van der Waals surface area contributed by atoms with E-state index in [-0.39, 0.29) is 11.8 Å². The van der Waals surface area contributed by atoms with Crippen molar-refractivity contribution < 1.29 is 13.9 Å². The number of rotatable bonds is 4. The zero-order chi connectivity index (χ0) is 18.0. The van der Waals surface area contributed by atoms with Gasteiger partial charge in [-0.2, -0.15) is 0 Å². The van der Waals surface area contributed by atoms with E-state index in [9.17, 15) is 9.18 Å². The van der Waals surface area contributed by atoms with Gasteiger partial charge in [-0.05, 0) is 49.6 Å². The molecule has 2 aromatic carbocycles. The Morgan fingerprint density at radius 2 is 1.84 bits per heavy atom. The average Bonchev–Trinajstić information content (AvgIpc) is 2.61. The fraction of sp³-hybridized carbons (Fsp3) is 0.238. The van der Waals surface area contributed by atoms with Gasteiger partial charge in [0.25, 0.3) is 0 Å². The summed E-state index contributed by atoms with van der Waals surface area (Å²) in [4.78, 5) is 17.5. The number of aromatic nitrogens is 1. The number of benzene rings is 2. The molecule has 1 atom stereocenters. The maximum Gasteiger partial charge on any atom is 0.339 e. The highest BCUT2D eigenvalue weighted by molar-refractivity contribution is 6.05. The van der Waals surface area contributed by atoms with Gasteiger partial charge in [0, 0.05) is 11.1 Å². The van der Waals surface area contributed by atoms with Crippen LogP contribution in [0.25, 0.3) is 10.9 Å². The van der Waals surface area contributed by atoms with E-state index in [4.69, 9.17) is 4.74 Å². The second-order valence-electron chi connectivity index (χ2n) is 6.03. The SMILES string of the molecule is CCc1nc2ccccc2c(C(=O)O[C@@H](C)c2ccc(F)cc2)c1C. The average molecular weight is 337 g/mol. The molecule has 0 fully saturated rings. The first-order valence-corrected chi connectivity index (χ1v) is 8.36. The van der Waals surface area contributed by atoms with Crippen LogP contribution in [0.5, 0.6) is 0 Å². The number of carbonyl (C=O) groups excluding carboxylic acids is 1. The minimum Gasteiger partial charge on any atom is -0.454 e. The van der Waals surface area contributed by atoms with Gasteiger partial charge in [-0.15, -0.1) is 0 Å². The minimum absolute atomic E-state index is 0.314. The molecule has 3 nitrogen and oxygen atoms in total. The minimum atomic E-state index is -0.468. The molecule has 25 heavy (non-hydrogen) atoms. The number of carbonyl (C=O) groups is 1. The molecule has 0 aliphatic heterocycles. The highest BCUT2D eigenvalue weighted by Gasteiger charge is 2.21. The summed E-state index contributed by atoms with van der Waals surface area (Å²) in [6, 6.07) is 13.5. The van der Waals surface area contributed by atoms with Crippen LogP contribution in [0.1, 0.15) is 47.1 Å². The summed E-state index contributed by atoms with van der Waals surface area (Å²) in [5.74, 6) is -0.700. The van der Waals surface area contributed by atoms with Crippen LogP contribution >= 0.6 is 0 Å². The lowest BCUT2D eigenvalue weighted by Gasteiger charge is -2.17. The first-order chi connectivity index (χ1) is 12.0. The van der Waals surface area contributed by atoms with Crippen LogP contribution in [0.3, 0.4) is 0 Å². The molecular weight excluding hydrogens is 317 g/mol. The molecule has 0 aliphatic carbocycles. The van der Waals surface area contributed by atoms with Crippen LogP contribution in [0.4, 0.5) is 4.39 Å². The van der Waals surface area contributed by atoms with E-state index < -0.39 is 6.10 Å². The van der Waals surface area contributed by atoms with Gasteiger partial charge in [0.05, 0.1) is 11.1 Å². The number of pyridine rings is 1. The highest BCUT2D eigenvalue weighted by atomic mass is 19.1. The van der Waals surface area contributed by atoms with Gasteiger partial charge in [-0.3, -0.25) is 4.98 Å². The number of hydrogen-bond acceptors (Lipinski definition) is 3. The molecule has 0 amide bonds. The van der Waals surface area contributed by atoms with Gasteiger partial charge in [-0.1, -0.05) is 37.3 Å². The summed E-state index contributed by atoms with van der Waals surface area (Å²) in [6.45, 7) is 5.70. The molecular formula is C21H20FNO2. The van der Waals surface area contributed by atoms with Gasteiger partial charge in [0.2, 0.25) is 0 Å². The fourth-order valence-electron chi connectivity index (χ4n) is 2.99. The molecule has 0 saturated carbocycles. The maximum atomic E-state index is 13.1. The van der Waals surface area contributed by atoms with E-state index >= 15 is 0 Å². The van der Waals surface area contributed by atoms with Crippen molar-refractivity contribution in [3.05, 3.63) is 76.7 Å². The molecule has 3 aromatic rings. The molecule has 0 radical (unpaired) electrons. The van der Waals surface area contributed by atoms with Crippen LogP contribution < -0.4 is 0 Å². The number of aryl methyl sites for hydroxylation is 1. The van der Waals surface area contributed by atoms with Gasteiger partial charge < -0.3 is 4.74 Å². The number of nitrogens with zero attached hydrogens (tertiary/aromatic N) is 1. The third-order valence-electron chi connectivity index (χ3n) is 4.40. The Balaban J connectivity index is 1.99. The third-order valence-corrected chi connectivity index (χ3v) is 4.40. The van der Waals surface area contributed by atoms with Gasteiger partial charge in [0.1, 0.15) is 11.9 Å². The molecule has 0 N–H and O–H groups in total. The van der Waals surface area contributed by atoms with Gasteiger partial charge >= 0.3 is 5.97 Å². The molecule has 0 spiro atoms. The van der Waals surface area contributed by atoms with Crippen molar-refractivity contribution in [1.82, 2.24) is 4.98 Å². The largest absolute Gasteiger partial charge is 0.454 e. The van der Waals surface area contributed by atoms with E-state index in [2.05, 4.69) is 4.98 Å². The number of fused-ring (bicyclic) bond motifs is 1. The van der Waals surface area contributed by atoms with E-state index in [1.54, 1.807) is 19.1 Å². The molecule has 1 aromatic heterocycles. The lowest BCUT2D eigenvalue weighted by atomic mass is 10.00. The molecule has 128 valence electrons. The highest BCUT2D eigenvalue weighted by Crippen LogP contribution is 2.27. The van der Waals surface area contributed by atoms with Crippen LogP contribution in [-0.2, 0) is 11.2 Å². The lowest BCUT2D eigenvalue weighted by Crippen LogP contribution is -2.13. The standard InChI is InChI=1S/C21H20FNO2/c1-4-18-13(2)20(17-7-5-6-8-19(17)23-18)21(24)25-14(3)15-9-11-16(22)12-10-15/h5-12,14H,4H2,1-3H3/t14-/m0/s1. The summed E-state index contributed by atoms with van der Waals surface area (Å²) < 4.78 is 18.7. The Hall–Kier alpha value is -2.75. The molecule has 0 aliphatic rings. The second-order valence-corrected chi connectivity index (χ2v) is 6.03. The van der Waals surface area contributed by atoms with Crippen molar-refractivity contribution in [3.63, 3.8) is 0 Å². The maximum absolute atomic E-state index is 13.1. The Kier molecular flexibility index (Phi) is 4.79. The molecule has 0 unspecified atom stereocenters. The fourth-order valence-corrected chi connectivity index (χ4v) is 2.99. The van der Waals surface area contributed by atoms with Gasteiger partial charge in [-0.25, -0.2) is 9.18 Å². The molecule has 0 saturated heterocycles. The first kappa shape index (κ1) is 17.1. The van der Waals surface area contributed by atoms with Gasteiger partial charge in [0.15, 0.2) is 0 Å². The molecule has 3 rings (SSSR count). The normalized spacial score (nSPS) is 12.2. The summed E-state index contributed by atoms with van der Waals surface area (Å²) in [6.07, 6.45) is 0.272. The molecule has 1 heterocycles. The Labute approximate surface area is 146 Å². The summed E-state index contributed by atoms with van der Waals surface area (Å²) in [5, 5.41) is 0.786. The Morgan fingerprint density at radius 3 is 2.52 bits per heavy atom. The van der Waals surface area contributed by atoms with E-state index in [0.717, 1.165) is 34.1 Å². The third kappa shape index (κ3) is 3.38. The van der Waals surface area contributed by atoms with Crippen molar-refractivity contribution in [2.75, 3.05) is 0 Å². The zero-order valence-corrected chi connectivity index (χ0v) is 14.5. The smallest absolute Gasteiger partial charge is 0.339 e. The van der Waals surface area contributed by atoms with E-state index in [0.29, 0.717) is 5.56 Å². The molecule has 0 bridgehead atoms. The van der Waals surface area contributed by atoms with Crippen LogP contribution in [-0.4, -0.2) is 11.0 Å². The predicted molar refractivity (Wildman–Crippen MR) is 96.1 cm³/mol. The second kappa shape index (κ2) is 7.01. The number of ether oxygens (including phenoxy) is 1. The van der Waals surface area contributed by atoms with Crippen molar-refractivity contribution in [2.24, 2.45) is 0 Å². The van der Waals surface area contributed by atoms with Crippen molar-refractivity contribution in [1.29, 1.82) is 0 Å². The summed E-state index contributed by atoms with van der Waals surface area (Å²) >= 11 is 0. The monoisotopic (exact) mass is 337 g/mol. The van der Waals surface area contributed by atoms with Crippen LogP contribution in [0.15, 0.2) is 48.5 Å². The predicted octanol–water partition coefficient (Wildman–Crippen LogP) is 5.16. The van der Waals surface area contributed by atoms with Crippen molar-refractivity contribution in [2.45, 2.75) is 33.3 Å². The van der Waals surface area contributed by atoms with E-state index in [1.165, 1.54) is 12.1 Å². The van der Waals surface area contributed by atoms with Crippen molar-refractivity contribution >= 4 is 16.9 Å². The topological polar surface area (TPSA) is 39.2 Å². The number of esters is 1. The number of halogens is 1. The number of para-hydroxylation sites is 1. The first-order valence-electron chi connectivity index (χ1n) is 8.36. The van der Waals surface area contributed by atoms with Crippen LogP contribution in [0, 0.1) is 12.7 Å². The Morgan fingerprint density at radius 1 is 1.16 bits per heavy atom.